The average Bonchev–Trinajstić information content (AvgIpc) is 2.30. The van der Waals surface area contributed by atoms with Crippen molar-refractivity contribution in [3.8, 4) is 0 Å². The number of nitrogens with one attached hydrogen (secondary N) is 1. The van der Waals surface area contributed by atoms with Crippen LogP contribution in [0, 0.1) is 5.82 Å². The Hall–Kier alpha value is -0.860. The predicted molar refractivity (Wildman–Crippen MR) is 68.3 cm³/mol. The first-order chi connectivity index (χ1) is 7.34. The molecule has 1 saturated heterocycles. The minimum atomic E-state index is -0.178. The van der Waals surface area contributed by atoms with E-state index in [0.29, 0.717) is 6.04 Å². The second-order valence-corrected chi connectivity index (χ2v) is 3.97. The number of halogens is 2. The molecule has 0 spiro atoms. The Morgan fingerprint density at radius 1 is 1.19 bits per heavy atom. The molecule has 0 bridgehead atoms. The number of hydrogen-bond donors (Lipinski definition) is 1. The predicted octanol–water partition coefficient (Wildman–Crippen LogP) is 3.40. The van der Waals surface area contributed by atoms with Crippen LogP contribution in [0.1, 0.15) is 24.8 Å². The molecule has 3 heteroatoms. The third-order valence-corrected chi connectivity index (χ3v) is 2.74. The van der Waals surface area contributed by atoms with Gasteiger partial charge in [0.1, 0.15) is 5.82 Å². The van der Waals surface area contributed by atoms with E-state index < -0.39 is 0 Å². The van der Waals surface area contributed by atoms with Gasteiger partial charge in [-0.1, -0.05) is 30.7 Å². The van der Waals surface area contributed by atoms with Gasteiger partial charge in [0.15, 0.2) is 0 Å². The summed E-state index contributed by atoms with van der Waals surface area (Å²) in [5.74, 6) is -0.178. The molecular weight excluding hydrogens is 225 g/mol. The van der Waals surface area contributed by atoms with E-state index in [1.807, 2.05) is 0 Å². The normalized spacial score (nSPS) is 20.7. The monoisotopic (exact) mass is 241 g/mol. The highest BCUT2D eigenvalue weighted by atomic mass is 35.5. The SMILES string of the molecule is Cl.Fc1ccc(/C=C/C2CCCCN2)cc1. The van der Waals surface area contributed by atoms with E-state index in [1.165, 1.54) is 31.4 Å². The molecule has 1 atom stereocenters. The third-order valence-electron chi connectivity index (χ3n) is 2.74. The smallest absolute Gasteiger partial charge is 0.123 e. The van der Waals surface area contributed by atoms with Crippen LogP contribution in [-0.2, 0) is 0 Å². The van der Waals surface area contributed by atoms with E-state index >= 15 is 0 Å². The van der Waals surface area contributed by atoms with Crippen molar-refractivity contribution in [2.24, 2.45) is 0 Å². The lowest BCUT2D eigenvalue weighted by Crippen LogP contribution is -2.31. The summed E-state index contributed by atoms with van der Waals surface area (Å²) in [6.45, 7) is 1.11. The van der Waals surface area contributed by atoms with E-state index in [1.54, 1.807) is 12.1 Å². The van der Waals surface area contributed by atoms with Crippen LogP contribution in [0.3, 0.4) is 0 Å². The van der Waals surface area contributed by atoms with Gasteiger partial charge in [-0.15, -0.1) is 12.4 Å². The molecule has 88 valence electrons. The molecule has 1 nitrogen and oxygen atoms in total. The van der Waals surface area contributed by atoms with E-state index in [9.17, 15) is 4.39 Å². The summed E-state index contributed by atoms with van der Waals surface area (Å²) >= 11 is 0. The summed E-state index contributed by atoms with van der Waals surface area (Å²) in [6, 6.07) is 7.08. The van der Waals surface area contributed by atoms with Crippen molar-refractivity contribution in [2.75, 3.05) is 6.54 Å². The maximum Gasteiger partial charge on any atom is 0.123 e. The lowest BCUT2D eigenvalue weighted by atomic mass is 10.0. The van der Waals surface area contributed by atoms with Gasteiger partial charge in [0, 0.05) is 6.04 Å². The second-order valence-electron chi connectivity index (χ2n) is 3.97. The Morgan fingerprint density at radius 3 is 2.56 bits per heavy atom. The number of piperidine rings is 1. The first kappa shape index (κ1) is 13.2. The molecule has 0 radical (unpaired) electrons. The second kappa shape index (κ2) is 6.66. The fourth-order valence-electron chi connectivity index (χ4n) is 1.84. The molecule has 1 unspecified atom stereocenters. The van der Waals surface area contributed by atoms with Crippen LogP contribution in [-0.4, -0.2) is 12.6 Å². The zero-order chi connectivity index (χ0) is 10.5. The van der Waals surface area contributed by atoms with Crippen LogP contribution in [0.4, 0.5) is 4.39 Å². The molecule has 1 aromatic carbocycles. The topological polar surface area (TPSA) is 12.0 Å². The van der Waals surface area contributed by atoms with Crippen LogP contribution >= 0.6 is 12.4 Å². The Morgan fingerprint density at radius 2 is 1.94 bits per heavy atom. The van der Waals surface area contributed by atoms with E-state index in [4.69, 9.17) is 0 Å². The van der Waals surface area contributed by atoms with Gasteiger partial charge >= 0.3 is 0 Å². The fourth-order valence-corrected chi connectivity index (χ4v) is 1.84. The number of benzene rings is 1. The van der Waals surface area contributed by atoms with Gasteiger partial charge in [-0.2, -0.15) is 0 Å². The highest BCUT2D eigenvalue weighted by molar-refractivity contribution is 5.85. The molecule has 0 saturated carbocycles. The molecule has 1 aliphatic heterocycles. The molecule has 1 aliphatic rings. The first-order valence-electron chi connectivity index (χ1n) is 5.52. The summed E-state index contributed by atoms with van der Waals surface area (Å²) in [6.07, 6.45) is 8.01. The molecule has 2 rings (SSSR count). The Kier molecular flexibility index (Phi) is 5.50. The van der Waals surface area contributed by atoms with Crippen molar-refractivity contribution in [1.29, 1.82) is 0 Å². The van der Waals surface area contributed by atoms with Gasteiger partial charge in [0.05, 0.1) is 0 Å². The van der Waals surface area contributed by atoms with Crippen LogP contribution < -0.4 is 5.32 Å². The lowest BCUT2D eigenvalue weighted by Gasteiger charge is -2.19. The summed E-state index contributed by atoms with van der Waals surface area (Å²) in [7, 11) is 0. The zero-order valence-electron chi connectivity index (χ0n) is 9.16. The van der Waals surface area contributed by atoms with Crippen LogP contribution in [0.5, 0.6) is 0 Å². The number of rotatable bonds is 2. The van der Waals surface area contributed by atoms with Gasteiger partial charge in [-0.3, -0.25) is 0 Å². The van der Waals surface area contributed by atoms with Gasteiger partial charge in [-0.25, -0.2) is 4.39 Å². The van der Waals surface area contributed by atoms with Crippen LogP contribution in [0.15, 0.2) is 30.3 Å². The van der Waals surface area contributed by atoms with Gasteiger partial charge in [-0.05, 0) is 37.1 Å². The van der Waals surface area contributed by atoms with Crippen molar-refractivity contribution < 1.29 is 4.39 Å². The van der Waals surface area contributed by atoms with E-state index in [2.05, 4.69) is 17.5 Å². The molecule has 1 heterocycles. The molecule has 0 aromatic heterocycles. The molecule has 0 aliphatic carbocycles. The summed E-state index contributed by atoms with van der Waals surface area (Å²) in [5, 5.41) is 3.44. The van der Waals surface area contributed by atoms with Crippen molar-refractivity contribution in [3.63, 3.8) is 0 Å². The first-order valence-corrected chi connectivity index (χ1v) is 5.52. The van der Waals surface area contributed by atoms with E-state index in [-0.39, 0.29) is 18.2 Å². The minimum absolute atomic E-state index is 0. The average molecular weight is 242 g/mol. The Labute approximate surface area is 102 Å². The third kappa shape index (κ3) is 3.95. The Bertz CT molecular complexity index is 328. The maximum atomic E-state index is 12.6. The summed E-state index contributed by atoms with van der Waals surface area (Å²) < 4.78 is 12.6. The van der Waals surface area contributed by atoms with Crippen LogP contribution in [0.25, 0.3) is 6.08 Å². The molecule has 1 N–H and O–H groups in total. The van der Waals surface area contributed by atoms with Crippen LogP contribution in [0.2, 0.25) is 0 Å². The minimum Gasteiger partial charge on any atom is -0.311 e. The van der Waals surface area contributed by atoms with Crippen molar-refractivity contribution >= 4 is 18.5 Å². The highest BCUT2D eigenvalue weighted by Crippen LogP contribution is 2.10. The summed E-state index contributed by atoms with van der Waals surface area (Å²) in [5.41, 5.74) is 1.06. The molecule has 1 aromatic rings. The fraction of sp³-hybridized carbons (Fsp3) is 0.385. The molecule has 0 amide bonds. The quantitative estimate of drug-likeness (QED) is 0.837. The summed E-state index contributed by atoms with van der Waals surface area (Å²) in [4.78, 5) is 0. The largest absolute Gasteiger partial charge is 0.311 e. The highest BCUT2D eigenvalue weighted by Gasteiger charge is 2.07. The standard InChI is InChI=1S/C13H16FN.ClH/c14-12-7-4-11(5-8-12)6-9-13-3-1-2-10-15-13;/h4-9,13,15H,1-3,10H2;1H/b9-6+;. The van der Waals surface area contributed by atoms with E-state index in [0.717, 1.165) is 12.1 Å². The number of hydrogen-bond acceptors (Lipinski definition) is 1. The molecular formula is C13H17ClFN. The lowest BCUT2D eigenvalue weighted by molar-refractivity contribution is 0.455. The Balaban J connectivity index is 0.00000128. The maximum absolute atomic E-state index is 12.6. The van der Waals surface area contributed by atoms with Gasteiger partial charge < -0.3 is 5.32 Å². The zero-order valence-corrected chi connectivity index (χ0v) is 9.97. The van der Waals surface area contributed by atoms with Crippen molar-refractivity contribution in [3.05, 3.63) is 41.7 Å². The van der Waals surface area contributed by atoms with Gasteiger partial charge in [0.2, 0.25) is 0 Å². The molecule has 1 fully saturated rings. The van der Waals surface area contributed by atoms with Crippen molar-refractivity contribution in [2.45, 2.75) is 25.3 Å². The molecule has 16 heavy (non-hydrogen) atoms. The van der Waals surface area contributed by atoms with Gasteiger partial charge in [0.25, 0.3) is 0 Å². The van der Waals surface area contributed by atoms with Crippen molar-refractivity contribution in [1.82, 2.24) is 5.32 Å².